The van der Waals surface area contributed by atoms with Crippen LogP contribution in [0.2, 0.25) is 0 Å². The molecule has 2 fully saturated rings. The molecule has 2 aliphatic carbocycles. The van der Waals surface area contributed by atoms with E-state index in [0.29, 0.717) is 5.92 Å². The molecule has 226 valence electrons. The molecule has 8 rings (SSSR count). The molecule has 0 saturated heterocycles. The normalized spacial score (nSPS) is 17.3. The van der Waals surface area contributed by atoms with E-state index >= 15 is 0 Å². The Kier molecular flexibility index (Phi) is 7.93. The van der Waals surface area contributed by atoms with E-state index in [4.69, 9.17) is 0 Å². The number of anilines is 3. The molecule has 0 bridgehead atoms. The van der Waals surface area contributed by atoms with Gasteiger partial charge in [-0.1, -0.05) is 118 Å². The Morgan fingerprint density at radius 2 is 1.07 bits per heavy atom. The van der Waals surface area contributed by atoms with Crippen molar-refractivity contribution in [3.05, 3.63) is 138 Å². The molecule has 0 amide bonds. The van der Waals surface area contributed by atoms with Crippen molar-refractivity contribution in [3.63, 3.8) is 0 Å². The topological polar surface area (TPSA) is 3.24 Å². The van der Waals surface area contributed by atoms with Crippen LogP contribution >= 0.6 is 11.3 Å². The Balaban J connectivity index is 1.22. The van der Waals surface area contributed by atoms with Gasteiger partial charge < -0.3 is 4.90 Å². The predicted octanol–water partition coefficient (Wildman–Crippen LogP) is 13.2. The first-order valence-corrected chi connectivity index (χ1v) is 18.1. The van der Waals surface area contributed by atoms with Crippen molar-refractivity contribution in [2.75, 3.05) is 4.90 Å². The lowest BCUT2D eigenvalue weighted by atomic mass is 9.69. The predicted molar refractivity (Wildman–Crippen MR) is 195 cm³/mol. The van der Waals surface area contributed by atoms with Gasteiger partial charge >= 0.3 is 0 Å². The third kappa shape index (κ3) is 5.48. The molecule has 0 N–H and O–H groups in total. The summed E-state index contributed by atoms with van der Waals surface area (Å²) in [6.07, 6.45) is 14.5. The lowest BCUT2D eigenvalue weighted by Gasteiger charge is -2.35. The SMILES string of the molecule is c1ccc(C2(c3ccc(N(c4ccc(C5CCCCC5)cc4)c4ccc5sc6ccccc6c5c4)cc3)CCCCCC2)cc1. The highest BCUT2D eigenvalue weighted by molar-refractivity contribution is 7.25. The second-order valence-electron chi connectivity index (χ2n) is 13.4. The van der Waals surface area contributed by atoms with E-state index in [1.807, 2.05) is 11.3 Å². The van der Waals surface area contributed by atoms with Crippen LogP contribution in [0.3, 0.4) is 0 Å². The van der Waals surface area contributed by atoms with E-state index in [1.54, 1.807) is 0 Å². The van der Waals surface area contributed by atoms with Crippen LogP contribution in [0.1, 0.15) is 93.2 Å². The fraction of sp³-hybridized carbons (Fsp3) is 0.302. The summed E-state index contributed by atoms with van der Waals surface area (Å²) in [6, 6.07) is 46.4. The van der Waals surface area contributed by atoms with Crippen LogP contribution in [0.15, 0.2) is 121 Å². The van der Waals surface area contributed by atoms with Gasteiger partial charge in [-0.15, -0.1) is 11.3 Å². The van der Waals surface area contributed by atoms with E-state index < -0.39 is 0 Å². The molecular formula is C43H43NS. The maximum Gasteiger partial charge on any atom is 0.0468 e. The van der Waals surface area contributed by atoms with Crippen molar-refractivity contribution in [3.8, 4) is 0 Å². The van der Waals surface area contributed by atoms with Crippen LogP contribution in [-0.2, 0) is 5.41 Å². The Labute approximate surface area is 272 Å². The monoisotopic (exact) mass is 605 g/mol. The molecule has 1 aromatic heterocycles. The Morgan fingerprint density at radius 1 is 0.489 bits per heavy atom. The Morgan fingerprint density at radius 3 is 1.80 bits per heavy atom. The zero-order valence-corrected chi connectivity index (χ0v) is 27.1. The molecule has 1 heterocycles. The number of rotatable bonds is 6. The van der Waals surface area contributed by atoms with E-state index in [2.05, 4.69) is 126 Å². The lowest BCUT2D eigenvalue weighted by molar-refractivity contribution is 0.443. The highest BCUT2D eigenvalue weighted by Crippen LogP contribution is 2.46. The van der Waals surface area contributed by atoms with Gasteiger partial charge in [0.1, 0.15) is 0 Å². The first-order chi connectivity index (χ1) is 22.3. The van der Waals surface area contributed by atoms with Crippen LogP contribution in [0, 0.1) is 0 Å². The molecule has 1 nitrogen and oxygen atoms in total. The maximum atomic E-state index is 2.47. The van der Waals surface area contributed by atoms with Gasteiger partial charge in [0.05, 0.1) is 0 Å². The zero-order chi connectivity index (χ0) is 30.1. The second kappa shape index (κ2) is 12.5. The summed E-state index contributed by atoms with van der Waals surface area (Å²) >= 11 is 1.89. The minimum absolute atomic E-state index is 0.0945. The molecule has 2 saturated carbocycles. The number of nitrogens with zero attached hydrogens (tertiary/aromatic N) is 1. The smallest absolute Gasteiger partial charge is 0.0468 e. The molecule has 0 aliphatic heterocycles. The quantitative estimate of drug-likeness (QED) is 0.171. The minimum atomic E-state index is 0.0945. The van der Waals surface area contributed by atoms with E-state index in [-0.39, 0.29) is 5.41 Å². The Hall–Kier alpha value is -3.88. The summed E-state index contributed by atoms with van der Waals surface area (Å²) in [6.45, 7) is 0. The van der Waals surface area contributed by atoms with Gasteiger partial charge in [-0.3, -0.25) is 0 Å². The standard InChI is InChI=1S/C43H43NS/c1-2-12-30-43(29-11-1,34-15-7-4-8-16-34)35-21-25-37(26-22-35)44(36-23-19-33(20-24-36)32-13-5-3-6-14-32)38-27-28-42-40(31-38)39-17-9-10-18-41(39)45-42/h4,7-10,15-28,31-32H,1-3,5-6,11-14,29-30H2. The first-order valence-electron chi connectivity index (χ1n) is 17.3. The van der Waals surface area contributed by atoms with Crippen molar-refractivity contribution in [2.24, 2.45) is 0 Å². The van der Waals surface area contributed by atoms with Gasteiger partial charge in [0.2, 0.25) is 0 Å². The van der Waals surface area contributed by atoms with Crippen molar-refractivity contribution < 1.29 is 0 Å². The fourth-order valence-corrected chi connectivity index (χ4v) is 9.48. The molecule has 0 unspecified atom stereocenters. The maximum absolute atomic E-state index is 2.47. The average Bonchev–Trinajstić information content (AvgIpc) is 3.29. The van der Waals surface area contributed by atoms with Crippen LogP contribution < -0.4 is 4.90 Å². The van der Waals surface area contributed by atoms with Gasteiger partial charge in [0.25, 0.3) is 0 Å². The molecule has 0 radical (unpaired) electrons. The highest BCUT2D eigenvalue weighted by Gasteiger charge is 2.34. The summed E-state index contributed by atoms with van der Waals surface area (Å²) in [5.74, 6) is 0.711. The van der Waals surface area contributed by atoms with Gasteiger partial charge in [-0.2, -0.15) is 0 Å². The third-order valence-corrected chi connectivity index (χ3v) is 12.0. The molecule has 2 aliphatic rings. The average molecular weight is 606 g/mol. The molecule has 45 heavy (non-hydrogen) atoms. The molecule has 0 spiro atoms. The number of hydrogen-bond acceptors (Lipinski definition) is 2. The Bertz CT molecular complexity index is 1870. The van der Waals surface area contributed by atoms with Crippen LogP contribution in [0.4, 0.5) is 17.1 Å². The molecule has 0 atom stereocenters. The summed E-state index contributed by atoms with van der Waals surface area (Å²) in [5, 5.41) is 2.69. The molecular weight excluding hydrogens is 563 g/mol. The third-order valence-electron chi connectivity index (χ3n) is 10.8. The number of hydrogen-bond donors (Lipinski definition) is 0. The van der Waals surface area contributed by atoms with Gasteiger partial charge in [-0.25, -0.2) is 0 Å². The van der Waals surface area contributed by atoms with Crippen LogP contribution in [-0.4, -0.2) is 0 Å². The first kappa shape index (κ1) is 28.6. The molecule has 6 aromatic rings. The molecule has 5 aromatic carbocycles. The van der Waals surface area contributed by atoms with Crippen molar-refractivity contribution >= 4 is 48.6 Å². The van der Waals surface area contributed by atoms with Gasteiger partial charge in [0, 0.05) is 42.6 Å². The van der Waals surface area contributed by atoms with Crippen LogP contribution in [0.25, 0.3) is 20.2 Å². The fourth-order valence-electron chi connectivity index (χ4n) is 8.39. The van der Waals surface area contributed by atoms with Crippen molar-refractivity contribution in [1.29, 1.82) is 0 Å². The number of benzene rings is 5. The van der Waals surface area contributed by atoms with Gasteiger partial charge in [-0.05, 0) is 96.8 Å². The highest BCUT2D eigenvalue weighted by atomic mass is 32.1. The summed E-state index contributed by atoms with van der Waals surface area (Å²) in [5.41, 5.74) is 8.21. The summed E-state index contributed by atoms with van der Waals surface area (Å²) in [4.78, 5) is 2.47. The lowest BCUT2D eigenvalue weighted by Crippen LogP contribution is -2.27. The molecule has 2 heteroatoms. The largest absolute Gasteiger partial charge is 0.310 e. The van der Waals surface area contributed by atoms with Crippen LogP contribution in [0.5, 0.6) is 0 Å². The number of thiophene rings is 1. The van der Waals surface area contributed by atoms with E-state index in [9.17, 15) is 0 Å². The zero-order valence-electron chi connectivity index (χ0n) is 26.3. The summed E-state index contributed by atoms with van der Waals surface area (Å²) < 4.78 is 2.70. The van der Waals surface area contributed by atoms with E-state index in [1.165, 1.54) is 125 Å². The summed E-state index contributed by atoms with van der Waals surface area (Å²) in [7, 11) is 0. The van der Waals surface area contributed by atoms with Crippen molar-refractivity contribution in [1.82, 2.24) is 0 Å². The van der Waals surface area contributed by atoms with E-state index in [0.717, 1.165) is 0 Å². The number of fused-ring (bicyclic) bond motifs is 3. The second-order valence-corrected chi connectivity index (χ2v) is 14.5. The van der Waals surface area contributed by atoms with Gasteiger partial charge in [0.15, 0.2) is 0 Å². The minimum Gasteiger partial charge on any atom is -0.310 e. The van der Waals surface area contributed by atoms with Crippen molar-refractivity contribution in [2.45, 2.75) is 82.0 Å².